The summed E-state index contributed by atoms with van der Waals surface area (Å²) in [5, 5.41) is 13.6. The lowest BCUT2D eigenvalue weighted by Crippen LogP contribution is -2.53. The molecule has 7 rings (SSSR count). The Balaban J connectivity index is 1.38. The van der Waals surface area contributed by atoms with E-state index >= 15 is 4.39 Å². The minimum absolute atomic E-state index is 0.0579. The molecule has 0 spiro atoms. The van der Waals surface area contributed by atoms with Gasteiger partial charge in [-0.15, -0.1) is 0 Å². The highest BCUT2D eigenvalue weighted by Crippen LogP contribution is 2.45. The Kier molecular flexibility index (Phi) is 7.07. The predicted octanol–water partition coefficient (Wildman–Crippen LogP) is 4.26. The van der Waals surface area contributed by atoms with E-state index < -0.39 is 46.6 Å². The van der Waals surface area contributed by atoms with Crippen LogP contribution in [0.4, 0.5) is 33.6 Å². The number of aromatic nitrogens is 3. The van der Waals surface area contributed by atoms with E-state index in [1.807, 2.05) is 4.90 Å². The molecule has 0 saturated carbocycles. The molecule has 4 saturated heterocycles. The van der Waals surface area contributed by atoms with Gasteiger partial charge in [0.2, 0.25) is 0 Å². The van der Waals surface area contributed by atoms with E-state index in [2.05, 4.69) is 25.2 Å². The molecule has 4 N–H and O–H groups in total. The van der Waals surface area contributed by atoms with Crippen LogP contribution >= 0.6 is 11.6 Å². The Morgan fingerprint density at radius 1 is 1.20 bits per heavy atom. The smallest absolute Gasteiger partial charge is 0.418 e. The molecule has 4 aliphatic rings. The van der Waals surface area contributed by atoms with Crippen molar-refractivity contribution in [3.63, 3.8) is 0 Å². The van der Waals surface area contributed by atoms with Crippen LogP contribution < -0.4 is 20.7 Å². The van der Waals surface area contributed by atoms with Gasteiger partial charge in [0.05, 0.1) is 39.5 Å². The number of pyridine rings is 1. The Bertz CT molecular complexity index is 1640. The average molecular weight is 640 g/mol. The van der Waals surface area contributed by atoms with Crippen molar-refractivity contribution in [2.45, 2.75) is 68.7 Å². The first kappa shape index (κ1) is 29.6. The van der Waals surface area contributed by atoms with Crippen molar-refractivity contribution in [1.29, 1.82) is 0 Å². The van der Waals surface area contributed by atoms with Crippen molar-refractivity contribution in [2.24, 2.45) is 0 Å². The molecule has 3 unspecified atom stereocenters. The third-order valence-electron chi connectivity index (χ3n) is 9.43. The maximum atomic E-state index is 16.6. The summed E-state index contributed by atoms with van der Waals surface area (Å²) >= 11 is 6.55. The highest BCUT2D eigenvalue weighted by Gasteiger charge is 2.49. The van der Waals surface area contributed by atoms with Gasteiger partial charge in [0.25, 0.3) is 0 Å². The van der Waals surface area contributed by atoms with Crippen LogP contribution in [-0.4, -0.2) is 87.6 Å². The number of hydrogen-bond acceptors (Lipinski definition) is 9. The number of alkyl halides is 4. The second-order valence-corrected chi connectivity index (χ2v) is 12.8. The average Bonchev–Trinajstić information content (AvgIpc) is 3.54. The van der Waals surface area contributed by atoms with E-state index in [0.717, 1.165) is 25.5 Å². The third kappa shape index (κ3) is 4.90. The fourth-order valence-corrected chi connectivity index (χ4v) is 7.84. The molecular weight excluding hydrogens is 609 g/mol. The highest BCUT2D eigenvalue weighted by molar-refractivity contribution is 6.34. The van der Waals surface area contributed by atoms with Crippen LogP contribution in [0.25, 0.3) is 22.2 Å². The predicted molar refractivity (Wildman–Crippen MR) is 154 cm³/mol. The lowest BCUT2D eigenvalue weighted by Gasteiger charge is -2.35. The second-order valence-electron chi connectivity index (χ2n) is 12.4. The first-order valence-electron chi connectivity index (χ1n) is 14.6. The van der Waals surface area contributed by atoms with Gasteiger partial charge in [-0.25, -0.2) is 13.8 Å². The Morgan fingerprint density at radius 2 is 2.00 bits per heavy atom. The van der Waals surface area contributed by atoms with Gasteiger partial charge < -0.3 is 25.8 Å². The normalized spacial score (nSPS) is 28.7. The van der Waals surface area contributed by atoms with Crippen LogP contribution in [-0.2, 0) is 6.18 Å². The van der Waals surface area contributed by atoms with Gasteiger partial charge >= 0.3 is 12.2 Å². The number of nitrogens with zero attached hydrogens (tertiary/aromatic N) is 5. The summed E-state index contributed by atoms with van der Waals surface area (Å²) in [5.41, 5.74) is 2.23. The summed E-state index contributed by atoms with van der Waals surface area (Å²) in [7, 11) is 0. The van der Waals surface area contributed by atoms with Gasteiger partial charge in [-0.3, -0.25) is 4.90 Å². The zero-order valence-electron chi connectivity index (χ0n) is 23.8. The van der Waals surface area contributed by atoms with Gasteiger partial charge in [-0.1, -0.05) is 11.6 Å². The fourth-order valence-electron chi connectivity index (χ4n) is 7.56. The molecule has 3 aromatic rings. The topological polar surface area (TPSA) is 113 Å². The Hall–Kier alpha value is -3.07. The number of nitrogens with one attached hydrogen (secondary N) is 1. The van der Waals surface area contributed by atoms with E-state index in [1.165, 1.54) is 13.0 Å². The zero-order valence-corrected chi connectivity index (χ0v) is 24.5. The number of piperazine rings is 1. The largest absolute Gasteiger partial charge is 0.461 e. The molecule has 44 heavy (non-hydrogen) atoms. The molecule has 0 radical (unpaired) electrons. The summed E-state index contributed by atoms with van der Waals surface area (Å²) in [6, 6.07) is 1.88. The van der Waals surface area contributed by atoms with E-state index in [1.54, 1.807) is 0 Å². The first-order chi connectivity index (χ1) is 20.8. The number of benzene rings is 1. The summed E-state index contributed by atoms with van der Waals surface area (Å²) in [4.78, 5) is 16.8. The Labute approximate surface area is 254 Å². The van der Waals surface area contributed by atoms with Crippen LogP contribution in [0, 0.1) is 12.7 Å². The number of nitrogen functional groups attached to an aromatic ring is 1. The number of anilines is 2. The van der Waals surface area contributed by atoms with Crippen molar-refractivity contribution in [1.82, 2.24) is 25.2 Å². The van der Waals surface area contributed by atoms with Crippen molar-refractivity contribution in [3.8, 4) is 17.3 Å². The standard InChI is InChI=1S/C29H31ClF5N7O2/c1-13-5-20(36)38-25(22(13)29(33,34)35)21-17(30)7-16-24(23(21)32)39-27(44-12-28-3-2-4-42(28)9-14(31)8-28)40-26(16)41-10-15-6-19(43)18(11-41)37-15/h5,7,14-15,18-19,37,43H,2-4,6,8-12H2,1H3,(H2,36,38)/t14-,15?,18?,19?,28+/m1/s1. The molecule has 6 heterocycles. The summed E-state index contributed by atoms with van der Waals surface area (Å²) < 4.78 is 79.7. The van der Waals surface area contributed by atoms with E-state index in [0.29, 0.717) is 32.5 Å². The summed E-state index contributed by atoms with van der Waals surface area (Å²) in [6.45, 7) is 3.09. The lowest BCUT2D eigenvalue weighted by atomic mass is 9.95. The SMILES string of the molecule is Cc1cc(N)nc(-c2c(Cl)cc3c(N4CC5CC(O)C(C4)N5)nc(OC[C@@]45CCCN4C[C@H](F)C5)nc3c2F)c1C(F)(F)F. The maximum absolute atomic E-state index is 16.6. The van der Waals surface area contributed by atoms with Crippen molar-refractivity contribution >= 4 is 34.1 Å². The highest BCUT2D eigenvalue weighted by atomic mass is 35.5. The number of fused-ring (bicyclic) bond motifs is 4. The van der Waals surface area contributed by atoms with Crippen LogP contribution in [0.2, 0.25) is 5.02 Å². The van der Waals surface area contributed by atoms with E-state index in [-0.39, 0.29) is 57.8 Å². The van der Waals surface area contributed by atoms with E-state index in [4.69, 9.17) is 22.1 Å². The van der Waals surface area contributed by atoms with Crippen molar-refractivity contribution < 1.29 is 31.8 Å². The van der Waals surface area contributed by atoms with Gasteiger partial charge in [0.15, 0.2) is 5.82 Å². The summed E-state index contributed by atoms with van der Waals surface area (Å²) in [6.07, 6.45) is -4.02. The molecule has 4 fully saturated rings. The number of hydrogen-bond donors (Lipinski definition) is 3. The minimum Gasteiger partial charge on any atom is -0.461 e. The number of ether oxygens (including phenoxy) is 1. The number of aliphatic hydroxyl groups is 1. The van der Waals surface area contributed by atoms with Crippen LogP contribution in [0.5, 0.6) is 6.01 Å². The molecule has 15 heteroatoms. The summed E-state index contributed by atoms with van der Waals surface area (Å²) in [5.74, 6) is -1.09. The third-order valence-corrected chi connectivity index (χ3v) is 9.73. The number of halogens is 6. The molecule has 0 aliphatic carbocycles. The molecule has 5 atom stereocenters. The zero-order chi connectivity index (χ0) is 31.1. The number of nitrogens with two attached hydrogens (primary N) is 1. The fraction of sp³-hybridized carbons (Fsp3) is 0.552. The van der Waals surface area contributed by atoms with Crippen LogP contribution in [0.1, 0.15) is 36.8 Å². The lowest BCUT2D eigenvalue weighted by molar-refractivity contribution is -0.137. The van der Waals surface area contributed by atoms with E-state index in [9.17, 15) is 22.7 Å². The van der Waals surface area contributed by atoms with Gasteiger partial charge in [-0.2, -0.15) is 23.1 Å². The number of rotatable bonds is 5. The Morgan fingerprint density at radius 3 is 2.75 bits per heavy atom. The molecule has 2 aromatic heterocycles. The molecular formula is C29H31ClF5N7O2. The van der Waals surface area contributed by atoms with Crippen molar-refractivity contribution in [3.05, 3.63) is 34.1 Å². The minimum atomic E-state index is -4.88. The van der Waals surface area contributed by atoms with Gasteiger partial charge in [-0.05, 0) is 50.4 Å². The first-order valence-corrected chi connectivity index (χ1v) is 15.0. The quantitative estimate of drug-likeness (QED) is 0.353. The number of aliphatic hydroxyl groups excluding tert-OH is 1. The van der Waals surface area contributed by atoms with Gasteiger partial charge in [0, 0.05) is 37.5 Å². The van der Waals surface area contributed by atoms with Crippen LogP contribution in [0.3, 0.4) is 0 Å². The molecule has 2 bridgehead atoms. The van der Waals surface area contributed by atoms with Crippen LogP contribution in [0.15, 0.2) is 12.1 Å². The van der Waals surface area contributed by atoms with Crippen molar-refractivity contribution in [2.75, 3.05) is 43.4 Å². The molecule has 9 nitrogen and oxygen atoms in total. The molecule has 4 aliphatic heterocycles. The number of aryl methyl sites for hydroxylation is 1. The van der Waals surface area contributed by atoms with Gasteiger partial charge in [0.1, 0.15) is 29.9 Å². The monoisotopic (exact) mass is 639 g/mol. The molecule has 236 valence electrons. The molecule has 1 aromatic carbocycles. The second kappa shape index (κ2) is 10.5. The maximum Gasteiger partial charge on any atom is 0.418 e. The molecule has 0 amide bonds.